The van der Waals surface area contributed by atoms with Crippen LogP contribution >= 0.6 is 28.5 Å². The van der Waals surface area contributed by atoms with Gasteiger partial charge in [-0.2, -0.15) is 13.2 Å². The van der Waals surface area contributed by atoms with Crippen molar-refractivity contribution in [3.05, 3.63) is 59.7 Å². The zero-order chi connectivity index (χ0) is 25.1. The summed E-state index contributed by atoms with van der Waals surface area (Å²) in [5, 5.41) is 0. The molecule has 2 aromatic rings. The summed E-state index contributed by atoms with van der Waals surface area (Å²) in [6.45, 7) is 10.6. The van der Waals surface area contributed by atoms with Crippen LogP contribution in [0.25, 0.3) is 0 Å². The van der Waals surface area contributed by atoms with Gasteiger partial charge in [-0.25, -0.2) is 0 Å². The molecule has 0 radical (unpaired) electrons. The van der Waals surface area contributed by atoms with Gasteiger partial charge in [-0.3, -0.25) is 9.98 Å². The molecule has 0 aliphatic carbocycles. The van der Waals surface area contributed by atoms with E-state index in [1.54, 1.807) is 13.0 Å². The van der Waals surface area contributed by atoms with Gasteiger partial charge in [0.05, 0.1) is 28.4 Å². The molecule has 0 unspecified atom stereocenters. The Hall–Kier alpha value is -0.800. The van der Waals surface area contributed by atoms with Crippen LogP contribution in [0.2, 0.25) is 19.6 Å². The molecule has 0 heterocycles. The van der Waals surface area contributed by atoms with Gasteiger partial charge in [-0.05, 0) is 70.1 Å². The van der Waals surface area contributed by atoms with E-state index in [4.69, 9.17) is 4.43 Å². The molecule has 0 fully saturated rings. The normalized spacial score (nSPS) is 13.0. The Bertz CT molecular complexity index is 948. The summed E-state index contributed by atoms with van der Waals surface area (Å²) in [6, 6.07) is 13.0. The van der Waals surface area contributed by atoms with Crippen molar-refractivity contribution in [3.63, 3.8) is 0 Å². The number of rotatable bonds is 8. The van der Waals surface area contributed by atoms with Crippen molar-refractivity contribution < 1.29 is 28.5 Å². The van der Waals surface area contributed by atoms with Crippen molar-refractivity contribution in [1.29, 1.82) is 0 Å². The minimum atomic E-state index is -4.47. The Morgan fingerprint density at radius 2 is 1.52 bits per heavy atom. The molecule has 0 aliphatic heterocycles. The molecule has 33 heavy (non-hydrogen) atoms. The molecular formula is C23H29Br2F3N2NiOSi. The predicted octanol–water partition coefficient (Wildman–Crippen LogP) is 9.20. The van der Waals surface area contributed by atoms with Crippen LogP contribution in [-0.4, -0.2) is 26.3 Å². The summed E-state index contributed by atoms with van der Waals surface area (Å²) in [5.41, 5.74) is 2.08. The van der Waals surface area contributed by atoms with Crippen LogP contribution in [0.5, 0.6) is 0 Å². The third kappa shape index (κ3) is 11.9. The van der Waals surface area contributed by atoms with E-state index in [-0.39, 0.29) is 5.69 Å². The first-order valence-corrected chi connectivity index (χ1v) is 18.5. The van der Waals surface area contributed by atoms with Crippen molar-refractivity contribution >= 4 is 59.6 Å². The predicted molar refractivity (Wildman–Crippen MR) is 139 cm³/mol. The summed E-state index contributed by atoms with van der Waals surface area (Å²) in [4.78, 5) is 9.05. The van der Waals surface area contributed by atoms with Crippen molar-refractivity contribution in [3.8, 4) is 0 Å². The van der Waals surface area contributed by atoms with Gasteiger partial charge in [0, 0.05) is 6.61 Å². The quantitative estimate of drug-likeness (QED) is 0.159. The van der Waals surface area contributed by atoms with E-state index in [1.807, 2.05) is 31.2 Å². The summed E-state index contributed by atoms with van der Waals surface area (Å²) in [7, 11) is -0.402. The number of hydrogen-bond donors (Lipinski definition) is 0. The molecule has 0 aromatic heterocycles. The fourth-order valence-electron chi connectivity index (χ4n) is 2.83. The molecule has 2 rings (SSSR count). The van der Waals surface area contributed by atoms with Gasteiger partial charge in [0.15, 0.2) is 8.32 Å². The third-order valence-corrected chi connectivity index (χ3v) is 5.45. The van der Waals surface area contributed by atoms with Crippen LogP contribution in [0.1, 0.15) is 30.9 Å². The van der Waals surface area contributed by atoms with Gasteiger partial charge < -0.3 is 4.43 Å². The number of nitrogens with zero attached hydrogens (tertiary/aromatic N) is 2. The van der Waals surface area contributed by atoms with Crippen molar-refractivity contribution in [2.75, 3.05) is 6.61 Å². The Kier molecular flexibility index (Phi) is 13.3. The van der Waals surface area contributed by atoms with E-state index in [2.05, 4.69) is 58.1 Å². The first-order valence-electron chi connectivity index (χ1n) is 10.2. The van der Waals surface area contributed by atoms with Gasteiger partial charge in [0.25, 0.3) is 0 Å². The fraction of sp³-hybridized carbons (Fsp3) is 0.391. The second-order valence-corrected chi connectivity index (χ2v) is 17.7. The second-order valence-electron chi connectivity index (χ2n) is 8.17. The number of alkyl halides is 3. The van der Waals surface area contributed by atoms with E-state index in [0.29, 0.717) is 30.9 Å². The Morgan fingerprint density at radius 1 is 0.970 bits per heavy atom. The van der Waals surface area contributed by atoms with Crippen LogP contribution < -0.4 is 0 Å². The standard InChI is InChI=1S/C23H29F3N2OSi.2BrH.Ni/c1-17-11-6-8-13-20(17)27-18(2)21(15-10-16-29-30(3,4)5)28-22-14-9-7-12-19(22)23(24,25)26;;;/h6-9,11-14H,10,15-16H2,1-5H3;2*1H;/q;;;+2/p-2. The van der Waals surface area contributed by atoms with Gasteiger partial charge in [-0.15, -0.1) is 0 Å². The van der Waals surface area contributed by atoms with Crippen LogP contribution in [0.3, 0.4) is 0 Å². The third-order valence-electron chi connectivity index (χ3n) is 4.38. The number of para-hydroxylation sites is 2. The van der Waals surface area contributed by atoms with E-state index in [9.17, 15) is 13.2 Å². The summed E-state index contributed by atoms with van der Waals surface area (Å²) in [5.74, 6) is 0. The topological polar surface area (TPSA) is 34.0 Å². The zero-order valence-electron chi connectivity index (χ0n) is 19.2. The Morgan fingerprint density at radius 3 is 2.06 bits per heavy atom. The first-order chi connectivity index (χ1) is 15.4. The number of hydrogen-bond acceptors (Lipinski definition) is 3. The summed E-state index contributed by atoms with van der Waals surface area (Å²) < 4.78 is 46.2. The maximum absolute atomic E-state index is 13.4. The summed E-state index contributed by atoms with van der Waals surface area (Å²) in [6.07, 6.45) is -3.32. The molecule has 186 valence electrons. The summed E-state index contributed by atoms with van der Waals surface area (Å²) >= 11 is 6.00. The van der Waals surface area contributed by atoms with E-state index in [0.717, 1.165) is 17.3 Å². The van der Waals surface area contributed by atoms with Gasteiger partial charge in [0.2, 0.25) is 0 Å². The second kappa shape index (κ2) is 14.6. The molecule has 0 atom stereocenters. The SMILES string of the molecule is CC(=Nc1ccccc1C)C(CCCO[Si](C)(C)C)=Nc1ccccc1C(F)(F)F.[Br][Ni][Br]. The molecule has 0 saturated carbocycles. The fourth-order valence-corrected chi connectivity index (χ4v) is 3.58. The van der Waals surface area contributed by atoms with Crippen LogP contribution in [0.4, 0.5) is 24.5 Å². The Balaban J connectivity index is 0.00000172. The van der Waals surface area contributed by atoms with E-state index in [1.165, 1.54) is 23.0 Å². The minimum absolute atomic E-state index is 0.0922. The van der Waals surface area contributed by atoms with Gasteiger partial charge in [-0.1, -0.05) is 30.3 Å². The molecule has 0 bridgehead atoms. The van der Waals surface area contributed by atoms with Crippen molar-refractivity contribution in [1.82, 2.24) is 0 Å². The van der Waals surface area contributed by atoms with Crippen LogP contribution in [0, 0.1) is 6.92 Å². The molecule has 0 N–H and O–H groups in total. The average molecular weight is 653 g/mol. The molecule has 2 aromatic carbocycles. The van der Waals surface area contributed by atoms with Crippen molar-refractivity contribution in [2.45, 2.75) is 52.5 Å². The van der Waals surface area contributed by atoms with Crippen molar-refractivity contribution in [2.24, 2.45) is 9.98 Å². The number of halogens is 5. The van der Waals surface area contributed by atoms with E-state index < -0.39 is 20.1 Å². The number of aryl methyl sites for hydroxylation is 1. The molecule has 3 nitrogen and oxygen atoms in total. The molecule has 10 heteroatoms. The Labute approximate surface area is 215 Å². The van der Waals surface area contributed by atoms with Crippen LogP contribution in [-0.2, 0) is 21.5 Å². The molecule has 0 aliphatic rings. The van der Waals surface area contributed by atoms with Gasteiger partial charge >= 0.3 is 45.5 Å². The first kappa shape index (κ1) is 30.2. The molecule has 0 spiro atoms. The van der Waals surface area contributed by atoms with E-state index >= 15 is 0 Å². The molecular weight excluding hydrogens is 624 g/mol. The zero-order valence-corrected chi connectivity index (χ0v) is 24.4. The number of aliphatic imine (C=N–C) groups is 2. The monoisotopic (exact) mass is 650 g/mol. The average Bonchev–Trinajstić information content (AvgIpc) is 2.71. The van der Waals surface area contributed by atoms with Gasteiger partial charge in [0.1, 0.15) is 0 Å². The number of benzene rings is 2. The maximum atomic E-state index is 13.4. The molecule has 0 saturated heterocycles. The van der Waals surface area contributed by atoms with Crippen LogP contribution in [0.15, 0.2) is 58.5 Å². The molecule has 0 amide bonds.